The van der Waals surface area contributed by atoms with Gasteiger partial charge in [0, 0.05) is 12.1 Å². The number of ether oxygens (including phenoxy) is 1. The third kappa shape index (κ3) is 3.86. The Morgan fingerprint density at radius 3 is 2.36 bits per heavy atom. The van der Waals surface area contributed by atoms with Crippen LogP contribution in [0.1, 0.15) is 44.9 Å². The molecule has 0 spiro atoms. The average molecular weight is 390 g/mol. The molecule has 5 rings (SSSR count). The van der Waals surface area contributed by atoms with Crippen LogP contribution in [0.3, 0.4) is 0 Å². The molecule has 1 amide bonds. The second-order valence-corrected chi connectivity index (χ2v) is 8.72. The Hall–Kier alpha value is -2.51. The highest BCUT2D eigenvalue weighted by Gasteiger charge is 2.51. The van der Waals surface area contributed by atoms with Crippen LogP contribution in [0.4, 0.5) is 15.8 Å². The zero-order valence-electron chi connectivity index (χ0n) is 15.5. The van der Waals surface area contributed by atoms with Gasteiger partial charge in [-0.15, -0.1) is 0 Å². The Morgan fingerprint density at radius 1 is 1.18 bits per heavy atom. The van der Waals surface area contributed by atoms with Gasteiger partial charge in [-0.3, -0.25) is 19.7 Å². The van der Waals surface area contributed by atoms with Gasteiger partial charge in [0.05, 0.1) is 17.0 Å². The van der Waals surface area contributed by atoms with Gasteiger partial charge in [-0.25, -0.2) is 4.39 Å². The second-order valence-electron chi connectivity index (χ2n) is 8.72. The largest absolute Gasteiger partial charge is 0.456 e. The molecule has 4 aliphatic rings. The van der Waals surface area contributed by atoms with Crippen molar-refractivity contribution in [2.45, 2.75) is 44.9 Å². The number of non-ortho nitro benzene ring substituents is 1. The van der Waals surface area contributed by atoms with Crippen molar-refractivity contribution in [3.63, 3.8) is 0 Å². The van der Waals surface area contributed by atoms with Gasteiger partial charge >= 0.3 is 5.97 Å². The number of hydrogen-bond acceptors (Lipinski definition) is 5. The van der Waals surface area contributed by atoms with E-state index in [1.165, 1.54) is 19.3 Å². The summed E-state index contributed by atoms with van der Waals surface area (Å²) in [5, 5.41) is 13.0. The van der Waals surface area contributed by atoms with Gasteiger partial charge in [-0.05, 0) is 67.8 Å². The average Bonchev–Trinajstić information content (AvgIpc) is 2.60. The van der Waals surface area contributed by atoms with Crippen molar-refractivity contribution >= 4 is 23.3 Å². The van der Waals surface area contributed by atoms with Crippen LogP contribution in [-0.2, 0) is 14.3 Å². The maximum Gasteiger partial charge on any atom is 0.306 e. The first-order chi connectivity index (χ1) is 13.3. The zero-order valence-corrected chi connectivity index (χ0v) is 15.5. The van der Waals surface area contributed by atoms with E-state index in [9.17, 15) is 24.1 Å². The van der Waals surface area contributed by atoms with Crippen molar-refractivity contribution in [3.05, 3.63) is 34.1 Å². The first kappa shape index (κ1) is 18.8. The van der Waals surface area contributed by atoms with Gasteiger partial charge in [-0.2, -0.15) is 0 Å². The summed E-state index contributed by atoms with van der Waals surface area (Å²) in [6, 6.07) is 2.85. The monoisotopic (exact) mass is 390 g/mol. The van der Waals surface area contributed by atoms with E-state index in [-0.39, 0.29) is 16.8 Å². The minimum Gasteiger partial charge on any atom is -0.456 e. The molecule has 0 atom stereocenters. The number of carbonyl (C=O) groups excluding carboxylic acids is 2. The summed E-state index contributed by atoms with van der Waals surface area (Å²) >= 11 is 0. The van der Waals surface area contributed by atoms with Crippen molar-refractivity contribution < 1.29 is 23.6 Å². The number of benzene rings is 1. The molecule has 0 heterocycles. The molecule has 4 fully saturated rings. The lowest BCUT2D eigenvalue weighted by molar-refractivity contribution is -0.384. The molecule has 4 aliphatic carbocycles. The second kappa shape index (κ2) is 7.14. The maximum absolute atomic E-state index is 13.7. The summed E-state index contributed by atoms with van der Waals surface area (Å²) in [7, 11) is 0. The number of halogens is 1. The number of nitro benzene ring substituents is 1. The zero-order chi connectivity index (χ0) is 19.9. The Kier molecular flexibility index (Phi) is 4.81. The van der Waals surface area contributed by atoms with E-state index in [0.717, 1.165) is 55.2 Å². The van der Waals surface area contributed by atoms with Crippen LogP contribution in [0, 0.1) is 39.1 Å². The van der Waals surface area contributed by atoms with E-state index in [1.54, 1.807) is 0 Å². The van der Waals surface area contributed by atoms with Crippen molar-refractivity contribution in [1.82, 2.24) is 0 Å². The van der Waals surface area contributed by atoms with E-state index in [4.69, 9.17) is 4.74 Å². The van der Waals surface area contributed by atoms with Gasteiger partial charge in [-0.1, -0.05) is 0 Å². The molecule has 0 unspecified atom stereocenters. The highest BCUT2D eigenvalue weighted by atomic mass is 19.1. The highest BCUT2D eigenvalue weighted by Crippen LogP contribution is 2.61. The normalized spacial score (nSPS) is 30.1. The van der Waals surface area contributed by atoms with Crippen molar-refractivity contribution in [3.8, 4) is 0 Å². The summed E-state index contributed by atoms with van der Waals surface area (Å²) in [5.41, 5.74) is -0.624. The van der Waals surface area contributed by atoms with E-state index in [0.29, 0.717) is 6.42 Å². The molecule has 8 heteroatoms. The molecular formula is C20H23FN2O5. The fourth-order valence-electron chi connectivity index (χ4n) is 5.92. The number of nitro groups is 1. The third-order valence-electron chi connectivity index (χ3n) is 6.48. The Morgan fingerprint density at radius 2 is 1.79 bits per heavy atom. The number of nitrogens with zero attached hydrogens (tertiary/aromatic N) is 1. The maximum atomic E-state index is 13.7. The predicted octanol–water partition coefficient (Wildman–Crippen LogP) is 3.82. The molecule has 1 N–H and O–H groups in total. The van der Waals surface area contributed by atoms with Crippen LogP contribution in [-0.4, -0.2) is 23.4 Å². The molecule has 0 aromatic heterocycles. The highest BCUT2D eigenvalue weighted by molar-refractivity contribution is 5.93. The van der Waals surface area contributed by atoms with Crippen LogP contribution < -0.4 is 5.32 Å². The van der Waals surface area contributed by atoms with Crippen LogP contribution in [0.25, 0.3) is 0 Å². The van der Waals surface area contributed by atoms with Crippen LogP contribution in [0.15, 0.2) is 18.2 Å². The Bertz CT molecular complexity index is 790. The minimum absolute atomic E-state index is 0.0223. The number of hydrogen-bond donors (Lipinski definition) is 1. The summed E-state index contributed by atoms with van der Waals surface area (Å²) in [6.45, 7) is -0.534. The summed E-state index contributed by atoms with van der Waals surface area (Å²) in [4.78, 5) is 34.4. The Balaban J connectivity index is 1.30. The molecule has 0 radical (unpaired) electrons. The molecular weight excluding hydrogens is 367 g/mol. The van der Waals surface area contributed by atoms with E-state index < -0.39 is 29.2 Å². The van der Waals surface area contributed by atoms with E-state index in [2.05, 4.69) is 5.32 Å². The molecule has 0 saturated heterocycles. The smallest absolute Gasteiger partial charge is 0.306 e. The summed E-state index contributed by atoms with van der Waals surface area (Å²) in [6.07, 6.45) is 7.38. The molecule has 4 bridgehead atoms. The predicted molar refractivity (Wildman–Crippen MR) is 97.9 cm³/mol. The molecule has 1 aromatic carbocycles. The van der Waals surface area contributed by atoms with Gasteiger partial charge < -0.3 is 10.1 Å². The van der Waals surface area contributed by atoms with Gasteiger partial charge in [0.25, 0.3) is 11.6 Å². The molecule has 7 nitrogen and oxygen atoms in total. The number of nitrogens with one attached hydrogen (secondary N) is 1. The Labute approximate surface area is 161 Å². The molecule has 28 heavy (non-hydrogen) atoms. The number of amides is 1. The molecule has 0 aliphatic heterocycles. The lowest BCUT2D eigenvalue weighted by Crippen LogP contribution is -2.47. The first-order valence-corrected chi connectivity index (χ1v) is 9.71. The standard InChI is InChI=1S/C20H23FN2O5/c21-16-2-1-15(23(26)27)6-17(16)22-18(24)11-28-19(25)10-20-7-12-3-13(8-20)5-14(4-12)9-20/h1-2,6,12-14H,3-5,7-11H2,(H,22,24). The van der Waals surface area contributed by atoms with Crippen LogP contribution >= 0.6 is 0 Å². The molecule has 150 valence electrons. The van der Waals surface area contributed by atoms with E-state index >= 15 is 0 Å². The SMILES string of the molecule is O=C(COC(=O)CC12CC3CC(CC(C3)C1)C2)Nc1cc([N+](=O)[O-])ccc1F. The topological polar surface area (TPSA) is 98.5 Å². The van der Waals surface area contributed by atoms with Crippen molar-refractivity contribution in [1.29, 1.82) is 0 Å². The third-order valence-corrected chi connectivity index (χ3v) is 6.48. The van der Waals surface area contributed by atoms with Gasteiger partial charge in [0.2, 0.25) is 0 Å². The van der Waals surface area contributed by atoms with Crippen molar-refractivity contribution in [2.24, 2.45) is 23.2 Å². The lowest BCUT2D eigenvalue weighted by atomic mass is 9.49. The quantitative estimate of drug-likeness (QED) is 0.452. The molecule has 4 saturated carbocycles. The summed E-state index contributed by atoms with van der Waals surface area (Å²) < 4.78 is 18.9. The number of carbonyl (C=O) groups is 2. The van der Waals surface area contributed by atoms with Gasteiger partial charge in [0.15, 0.2) is 6.61 Å². The number of anilines is 1. The first-order valence-electron chi connectivity index (χ1n) is 9.71. The van der Waals surface area contributed by atoms with Crippen LogP contribution in [0.5, 0.6) is 0 Å². The van der Waals surface area contributed by atoms with Crippen LogP contribution in [0.2, 0.25) is 0 Å². The minimum atomic E-state index is -0.793. The fraction of sp³-hybridized carbons (Fsp3) is 0.600. The lowest BCUT2D eigenvalue weighted by Gasteiger charge is -2.56. The summed E-state index contributed by atoms with van der Waals surface area (Å²) in [5.74, 6) is 0.242. The molecule has 1 aromatic rings. The van der Waals surface area contributed by atoms with Gasteiger partial charge in [0.1, 0.15) is 5.82 Å². The number of esters is 1. The fourth-order valence-corrected chi connectivity index (χ4v) is 5.92. The number of rotatable bonds is 6. The van der Waals surface area contributed by atoms with Crippen molar-refractivity contribution in [2.75, 3.05) is 11.9 Å². The van der Waals surface area contributed by atoms with E-state index in [1.807, 2.05) is 0 Å².